The van der Waals surface area contributed by atoms with Gasteiger partial charge in [0.15, 0.2) is 0 Å². The lowest BCUT2D eigenvalue weighted by Gasteiger charge is -2.10. The summed E-state index contributed by atoms with van der Waals surface area (Å²) in [6.07, 6.45) is 5.29. The first-order chi connectivity index (χ1) is 14.6. The van der Waals surface area contributed by atoms with Gasteiger partial charge >= 0.3 is 0 Å². The molecule has 2 heterocycles. The summed E-state index contributed by atoms with van der Waals surface area (Å²) >= 11 is 6.12. The molecule has 0 fully saturated rings. The maximum absolute atomic E-state index is 12.3. The Balaban J connectivity index is 1.40. The molecule has 0 unspecified atom stereocenters. The number of anilines is 3. The zero-order chi connectivity index (χ0) is 20.9. The van der Waals surface area contributed by atoms with Gasteiger partial charge in [0.25, 0.3) is 0 Å². The molecule has 1 amide bonds. The highest BCUT2D eigenvalue weighted by molar-refractivity contribution is 6.31. The van der Waals surface area contributed by atoms with Crippen LogP contribution < -0.4 is 10.6 Å². The maximum atomic E-state index is 12.3. The van der Waals surface area contributed by atoms with Crippen molar-refractivity contribution >= 4 is 34.7 Å². The number of aryl methyl sites for hydroxylation is 1. The fraction of sp³-hybridized carbons (Fsp3) is 0.0909. The number of imidazole rings is 1. The summed E-state index contributed by atoms with van der Waals surface area (Å²) in [5.74, 6) is 2.10. The van der Waals surface area contributed by atoms with Crippen LogP contribution in [0.2, 0.25) is 5.02 Å². The van der Waals surface area contributed by atoms with Crippen molar-refractivity contribution < 1.29 is 4.79 Å². The lowest BCUT2D eigenvalue weighted by molar-refractivity contribution is -0.115. The van der Waals surface area contributed by atoms with Gasteiger partial charge < -0.3 is 10.6 Å². The molecule has 0 spiro atoms. The molecule has 0 aliphatic rings. The zero-order valence-corrected chi connectivity index (χ0v) is 17.0. The summed E-state index contributed by atoms with van der Waals surface area (Å²) in [6.45, 7) is 1.91. The van der Waals surface area contributed by atoms with Crippen molar-refractivity contribution in [2.45, 2.75) is 13.3 Å². The average molecular weight is 419 g/mol. The van der Waals surface area contributed by atoms with Gasteiger partial charge in [0.05, 0.1) is 6.42 Å². The Hall–Kier alpha value is -3.71. The second-order valence-corrected chi connectivity index (χ2v) is 7.03. The Morgan fingerprint density at radius 3 is 2.53 bits per heavy atom. The molecule has 7 nitrogen and oxygen atoms in total. The number of hydrogen-bond donors (Lipinski definition) is 2. The van der Waals surface area contributed by atoms with E-state index in [2.05, 4.69) is 25.6 Å². The number of rotatable bonds is 6. The standard InChI is InChI=1S/C22H19ClN6O/c1-15-24-10-11-29(15)21-13-20(25-14-26-21)27-17-6-8-18(9-7-17)28-22(30)12-16-4-2-3-5-19(16)23/h2-11,13-14H,12H2,1H3,(H,28,30)(H,25,26,27). The monoisotopic (exact) mass is 418 g/mol. The molecule has 0 atom stereocenters. The Morgan fingerprint density at radius 1 is 1.03 bits per heavy atom. The highest BCUT2D eigenvalue weighted by Gasteiger charge is 2.08. The number of benzene rings is 2. The van der Waals surface area contributed by atoms with Gasteiger partial charge in [-0.05, 0) is 42.8 Å². The van der Waals surface area contributed by atoms with Gasteiger partial charge in [-0.2, -0.15) is 0 Å². The van der Waals surface area contributed by atoms with Crippen LogP contribution in [0.5, 0.6) is 0 Å². The van der Waals surface area contributed by atoms with Crippen molar-refractivity contribution in [1.82, 2.24) is 19.5 Å². The van der Waals surface area contributed by atoms with E-state index < -0.39 is 0 Å². The lowest BCUT2D eigenvalue weighted by Crippen LogP contribution is -2.14. The second-order valence-electron chi connectivity index (χ2n) is 6.62. The van der Waals surface area contributed by atoms with E-state index in [0.717, 1.165) is 22.9 Å². The quantitative estimate of drug-likeness (QED) is 0.480. The fourth-order valence-electron chi connectivity index (χ4n) is 2.97. The average Bonchev–Trinajstić information content (AvgIpc) is 3.17. The van der Waals surface area contributed by atoms with Crippen LogP contribution >= 0.6 is 11.6 Å². The summed E-state index contributed by atoms with van der Waals surface area (Å²) in [5.41, 5.74) is 2.34. The third-order valence-corrected chi connectivity index (χ3v) is 4.84. The molecule has 150 valence electrons. The van der Waals surface area contributed by atoms with Gasteiger partial charge in [0, 0.05) is 34.9 Å². The first-order valence-electron chi connectivity index (χ1n) is 9.31. The molecule has 4 rings (SSSR count). The minimum absolute atomic E-state index is 0.125. The molecular weight excluding hydrogens is 400 g/mol. The highest BCUT2D eigenvalue weighted by atomic mass is 35.5. The van der Waals surface area contributed by atoms with Crippen molar-refractivity contribution in [3.63, 3.8) is 0 Å². The van der Waals surface area contributed by atoms with Gasteiger partial charge in [-0.1, -0.05) is 29.8 Å². The zero-order valence-electron chi connectivity index (χ0n) is 16.2. The van der Waals surface area contributed by atoms with Crippen LogP contribution in [-0.2, 0) is 11.2 Å². The maximum Gasteiger partial charge on any atom is 0.228 e. The van der Waals surface area contributed by atoms with Crippen molar-refractivity contribution in [3.05, 3.63) is 89.7 Å². The van der Waals surface area contributed by atoms with Gasteiger partial charge in [-0.3, -0.25) is 9.36 Å². The Bertz CT molecular complexity index is 1170. The van der Waals surface area contributed by atoms with E-state index in [4.69, 9.17) is 11.6 Å². The Kier molecular flexibility index (Phi) is 5.72. The van der Waals surface area contributed by atoms with E-state index in [9.17, 15) is 4.79 Å². The molecule has 0 aliphatic carbocycles. The number of aromatic nitrogens is 4. The van der Waals surface area contributed by atoms with E-state index in [1.807, 2.05) is 66.2 Å². The smallest absolute Gasteiger partial charge is 0.228 e. The normalized spacial score (nSPS) is 10.6. The molecule has 30 heavy (non-hydrogen) atoms. The van der Waals surface area contributed by atoms with Crippen LogP contribution in [0.15, 0.2) is 73.3 Å². The lowest BCUT2D eigenvalue weighted by atomic mass is 10.1. The molecular formula is C22H19ClN6O. The molecule has 2 aromatic carbocycles. The number of carbonyl (C=O) groups is 1. The molecule has 0 bridgehead atoms. The summed E-state index contributed by atoms with van der Waals surface area (Å²) in [5, 5.41) is 6.71. The van der Waals surface area contributed by atoms with Gasteiger partial charge in [-0.25, -0.2) is 15.0 Å². The van der Waals surface area contributed by atoms with E-state index >= 15 is 0 Å². The van der Waals surface area contributed by atoms with Crippen molar-refractivity contribution in [1.29, 1.82) is 0 Å². The third-order valence-electron chi connectivity index (χ3n) is 4.48. The molecule has 8 heteroatoms. The fourth-order valence-corrected chi connectivity index (χ4v) is 3.17. The summed E-state index contributed by atoms with van der Waals surface area (Å²) in [4.78, 5) is 25.0. The molecule has 2 N–H and O–H groups in total. The van der Waals surface area contributed by atoms with Crippen molar-refractivity contribution in [3.8, 4) is 5.82 Å². The minimum Gasteiger partial charge on any atom is -0.340 e. The van der Waals surface area contributed by atoms with Crippen LogP contribution in [0.1, 0.15) is 11.4 Å². The predicted octanol–water partition coefficient (Wildman–Crippen LogP) is 4.55. The van der Waals surface area contributed by atoms with E-state index in [-0.39, 0.29) is 12.3 Å². The minimum atomic E-state index is -0.125. The highest BCUT2D eigenvalue weighted by Crippen LogP contribution is 2.20. The Labute approximate surface area is 178 Å². The molecule has 0 saturated carbocycles. The Morgan fingerprint density at radius 2 is 1.80 bits per heavy atom. The molecule has 4 aromatic rings. The van der Waals surface area contributed by atoms with Crippen LogP contribution in [0.25, 0.3) is 5.82 Å². The van der Waals surface area contributed by atoms with Crippen molar-refractivity contribution in [2.75, 3.05) is 10.6 Å². The van der Waals surface area contributed by atoms with Crippen LogP contribution in [-0.4, -0.2) is 25.4 Å². The van der Waals surface area contributed by atoms with E-state index in [1.54, 1.807) is 12.3 Å². The number of nitrogens with one attached hydrogen (secondary N) is 2. The predicted molar refractivity (Wildman–Crippen MR) is 117 cm³/mol. The molecule has 0 radical (unpaired) electrons. The van der Waals surface area contributed by atoms with Gasteiger partial charge in [-0.15, -0.1) is 0 Å². The number of halogens is 1. The van der Waals surface area contributed by atoms with Gasteiger partial charge in [0.1, 0.15) is 23.8 Å². The molecule has 2 aromatic heterocycles. The van der Waals surface area contributed by atoms with Crippen molar-refractivity contribution in [2.24, 2.45) is 0 Å². The van der Waals surface area contributed by atoms with Crippen LogP contribution in [0, 0.1) is 6.92 Å². The first kappa shape index (κ1) is 19.6. The second kappa shape index (κ2) is 8.75. The topological polar surface area (TPSA) is 84.7 Å². The van der Waals surface area contributed by atoms with E-state index in [0.29, 0.717) is 16.5 Å². The SMILES string of the molecule is Cc1nccn1-c1cc(Nc2ccc(NC(=O)Cc3ccccc3Cl)cc2)ncn1. The first-order valence-corrected chi connectivity index (χ1v) is 9.69. The summed E-state index contributed by atoms with van der Waals surface area (Å²) < 4.78 is 1.88. The van der Waals surface area contributed by atoms with Crippen LogP contribution in [0.4, 0.5) is 17.2 Å². The number of nitrogens with zero attached hydrogens (tertiary/aromatic N) is 4. The number of carbonyl (C=O) groups excluding carboxylic acids is 1. The van der Waals surface area contributed by atoms with Crippen LogP contribution in [0.3, 0.4) is 0 Å². The molecule has 0 saturated heterocycles. The summed E-state index contributed by atoms with van der Waals surface area (Å²) in [7, 11) is 0. The molecule has 0 aliphatic heterocycles. The third kappa shape index (κ3) is 4.64. The summed E-state index contributed by atoms with van der Waals surface area (Å²) in [6, 6.07) is 16.6. The largest absolute Gasteiger partial charge is 0.340 e. The number of hydrogen-bond acceptors (Lipinski definition) is 5. The van der Waals surface area contributed by atoms with Gasteiger partial charge in [0.2, 0.25) is 5.91 Å². The number of amides is 1. The van der Waals surface area contributed by atoms with E-state index in [1.165, 1.54) is 6.33 Å².